The highest BCUT2D eigenvalue weighted by molar-refractivity contribution is 7.80. The lowest BCUT2D eigenvalue weighted by Gasteiger charge is -2.27. The van der Waals surface area contributed by atoms with E-state index in [1.165, 1.54) is 36.8 Å². The zero-order chi connectivity index (χ0) is 16.4. The van der Waals surface area contributed by atoms with Gasteiger partial charge in [-0.05, 0) is 66.6 Å². The van der Waals surface area contributed by atoms with Crippen molar-refractivity contribution in [3.63, 3.8) is 0 Å². The zero-order valence-corrected chi connectivity index (χ0v) is 14.5. The quantitative estimate of drug-likeness (QED) is 0.832. The van der Waals surface area contributed by atoms with Crippen LogP contribution in [0, 0.1) is 11.8 Å². The second kappa shape index (κ2) is 6.89. The highest BCUT2D eigenvalue weighted by Gasteiger charge is 2.39. The van der Waals surface area contributed by atoms with Gasteiger partial charge in [0, 0.05) is 18.4 Å². The molecule has 0 saturated heterocycles. The molecule has 24 heavy (non-hydrogen) atoms. The van der Waals surface area contributed by atoms with E-state index in [9.17, 15) is 0 Å². The van der Waals surface area contributed by atoms with Crippen LogP contribution in [0.5, 0.6) is 0 Å². The Morgan fingerprint density at radius 1 is 1.00 bits per heavy atom. The molecular weight excluding hydrogens is 314 g/mol. The first kappa shape index (κ1) is 15.6. The topological polar surface area (TPSA) is 37.0 Å². The Labute approximate surface area is 148 Å². The van der Waals surface area contributed by atoms with Gasteiger partial charge in [0.25, 0.3) is 0 Å². The highest BCUT2D eigenvalue weighted by atomic mass is 32.1. The number of rotatable bonds is 4. The molecule has 0 spiro atoms. The Balaban J connectivity index is 1.48. The molecule has 2 aliphatic rings. The minimum atomic E-state index is 0.0489. The van der Waals surface area contributed by atoms with Gasteiger partial charge in [0.05, 0.1) is 6.04 Å². The minimum absolute atomic E-state index is 0.0489. The summed E-state index contributed by atoms with van der Waals surface area (Å²) in [6.45, 7) is 0. The summed E-state index contributed by atoms with van der Waals surface area (Å²) < 4.78 is 0. The van der Waals surface area contributed by atoms with Crippen LogP contribution < -0.4 is 10.6 Å². The third-order valence-corrected chi connectivity index (χ3v) is 5.74. The van der Waals surface area contributed by atoms with Crippen molar-refractivity contribution >= 4 is 17.3 Å². The summed E-state index contributed by atoms with van der Waals surface area (Å²) in [4.78, 5) is 4.13. The van der Waals surface area contributed by atoms with Crippen LogP contribution in [0.2, 0.25) is 0 Å². The second-order valence-electron chi connectivity index (χ2n) is 7.02. The van der Waals surface area contributed by atoms with Gasteiger partial charge < -0.3 is 10.6 Å². The summed E-state index contributed by atoms with van der Waals surface area (Å²) in [5.41, 5.74) is 2.38. The SMILES string of the molecule is S=C(NC(c1ccccc1)c1ccncc1)NC1CC2CCC1C2. The normalized spacial score (nSPS) is 26.1. The highest BCUT2D eigenvalue weighted by Crippen LogP contribution is 2.44. The van der Waals surface area contributed by atoms with Gasteiger partial charge in [-0.15, -0.1) is 0 Å². The summed E-state index contributed by atoms with van der Waals surface area (Å²) in [6, 6.07) is 15.1. The van der Waals surface area contributed by atoms with Gasteiger partial charge in [-0.3, -0.25) is 4.98 Å². The summed E-state index contributed by atoms with van der Waals surface area (Å²) in [5.74, 6) is 1.73. The van der Waals surface area contributed by atoms with Gasteiger partial charge in [0.1, 0.15) is 0 Å². The molecule has 0 aliphatic heterocycles. The van der Waals surface area contributed by atoms with E-state index in [-0.39, 0.29) is 6.04 Å². The number of thiocarbonyl (C=S) groups is 1. The lowest BCUT2D eigenvalue weighted by atomic mass is 9.95. The van der Waals surface area contributed by atoms with Crippen molar-refractivity contribution in [1.82, 2.24) is 15.6 Å². The largest absolute Gasteiger partial charge is 0.360 e. The van der Waals surface area contributed by atoms with E-state index in [0.717, 1.165) is 16.9 Å². The third kappa shape index (κ3) is 3.29. The first-order chi connectivity index (χ1) is 11.8. The summed E-state index contributed by atoms with van der Waals surface area (Å²) in [6.07, 6.45) is 9.09. The van der Waals surface area contributed by atoms with Crippen LogP contribution in [0.1, 0.15) is 42.9 Å². The van der Waals surface area contributed by atoms with Gasteiger partial charge in [0.15, 0.2) is 5.11 Å². The van der Waals surface area contributed by atoms with E-state index in [2.05, 4.69) is 39.9 Å². The van der Waals surface area contributed by atoms with Gasteiger partial charge in [-0.1, -0.05) is 36.8 Å². The van der Waals surface area contributed by atoms with E-state index >= 15 is 0 Å². The standard InChI is InChI=1S/C20H23N3S/c24-20(22-18-13-14-6-7-17(18)12-14)23-19(15-4-2-1-3-5-15)16-8-10-21-11-9-16/h1-5,8-11,14,17-19H,6-7,12-13H2,(H2,22,23,24). The number of aromatic nitrogens is 1. The number of nitrogens with one attached hydrogen (secondary N) is 2. The third-order valence-electron chi connectivity index (χ3n) is 5.50. The van der Waals surface area contributed by atoms with Crippen molar-refractivity contribution in [2.45, 2.75) is 37.8 Å². The Morgan fingerprint density at radius 2 is 1.75 bits per heavy atom. The zero-order valence-electron chi connectivity index (χ0n) is 13.7. The van der Waals surface area contributed by atoms with Crippen LogP contribution in [-0.4, -0.2) is 16.1 Å². The minimum Gasteiger partial charge on any atom is -0.360 e. The van der Waals surface area contributed by atoms with Crippen molar-refractivity contribution in [3.8, 4) is 0 Å². The van der Waals surface area contributed by atoms with Crippen molar-refractivity contribution in [2.75, 3.05) is 0 Å². The van der Waals surface area contributed by atoms with E-state index in [1.807, 2.05) is 30.6 Å². The lowest BCUT2D eigenvalue weighted by molar-refractivity contribution is 0.388. The molecular formula is C20H23N3S. The molecule has 3 nitrogen and oxygen atoms in total. The van der Waals surface area contributed by atoms with Gasteiger partial charge >= 0.3 is 0 Å². The van der Waals surface area contributed by atoms with E-state index in [1.54, 1.807) is 0 Å². The fourth-order valence-electron chi connectivity index (χ4n) is 4.32. The number of hydrogen-bond acceptors (Lipinski definition) is 2. The summed E-state index contributed by atoms with van der Waals surface area (Å²) in [5, 5.41) is 7.88. The van der Waals surface area contributed by atoms with Gasteiger partial charge in [-0.25, -0.2) is 0 Å². The second-order valence-corrected chi connectivity index (χ2v) is 7.43. The molecule has 124 valence electrons. The van der Waals surface area contributed by atoms with Crippen molar-refractivity contribution < 1.29 is 0 Å². The Morgan fingerprint density at radius 3 is 2.42 bits per heavy atom. The van der Waals surface area contributed by atoms with E-state index in [0.29, 0.717) is 6.04 Å². The maximum atomic E-state index is 5.64. The molecule has 1 aromatic heterocycles. The Kier molecular flexibility index (Phi) is 4.48. The van der Waals surface area contributed by atoms with Crippen molar-refractivity contribution in [1.29, 1.82) is 0 Å². The fourth-order valence-corrected chi connectivity index (χ4v) is 4.59. The molecule has 2 aliphatic carbocycles. The summed E-state index contributed by atoms with van der Waals surface area (Å²) in [7, 11) is 0. The predicted octanol–water partition coefficient (Wildman–Crippen LogP) is 3.82. The lowest BCUT2D eigenvalue weighted by Crippen LogP contribution is -2.45. The molecule has 2 fully saturated rings. The van der Waals surface area contributed by atoms with Gasteiger partial charge in [-0.2, -0.15) is 0 Å². The molecule has 2 aromatic rings. The number of hydrogen-bond donors (Lipinski definition) is 2. The fraction of sp³-hybridized carbons (Fsp3) is 0.400. The monoisotopic (exact) mass is 337 g/mol. The van der Waals surface area contributed by atoms with Crippen LogP contribution in [-0.2, 0) is 0 Å². The average molecular weight is 337 g/mol. The molecule has 2 N–H and O–H groups in total. The average Bonchev–Trinajstić information content (AvgIpc) is 3.24. The molecule has 2 bridgehead atoms. The maximum Gasteiger partial charge on any atom is 0.167 e. The van der Waals surface area contributed by atoms with E-state index < -0.39 is 0 Å². The number of fused-ring (bicyclic) bond motifs is 2. The Hall–Kier alpha value is -1.94. The molecule has 2 saturated carbocycles. The molecule has 4 atom stereocenters. The molecule has 1 heterocycles. The molecule has 0 radical (unpaired) electrons. The van der Waals surface area contributed by atoms with Crippen LogP contribution >= 0.6 is 12.2 Å². The number of pyridine rings is 1. The van der Waals surface area contributed by atoms with Crippen LogP contribution in [0.3, 0.4) is 0 Å². The molecule has 0 amide bonds. The molecule has 4 heteroatoms. The van der Waals surface area contributed by atoms with Crippen molar-refractivity contribution in [3.05, 3.63) is 66.0 Å². The van der Waals surface area contributed by atoms with Gasteiger partial charge in [0.2, 0.25) is 0 Å². The van der Waals surface area contributed by atoms with E-state index in [4.69, 9.17) is 12.2 Å². The number of nitrogens with zero attached hydrogens (tertiary/aromatic N) is 1. The predicted molar refractivity (Wildman–Crippen MR) is 101 cm³/mol. The first-order valence-corrected chi connectivity index (χ1v) is 9.22. The van der Waals surface area contributed by atoms with Crippen molar-refractivity contribution in [2.24, 2.45) is 11.8 Å². The smallest absolute Gasteiger partial charge is 0.167 e. The molecule has 1 aromatic carbocycles. The maximum absolute atomic E-state index is 5.64. The Bertz CT molecular complexity index is 649. The number of benzene rings is 1. The van der Waals surface area contributed by atoms with Crippen LogP contribution in [0.25, 0.3) is 0 Å². The molecule has 4 unspecified atom stereocenters. The molecule has 4 rings (SSSR count). The summed E-state index contributed by atoms with van der Waals surface area (Å²) >= 11 is 5.64. The first-order valence-electron chi connectivity index (χ1n) is 8.81. The van der Waals surface area contributed by atoms with Crippen LogP contribution in [0.15, 0.2) is 54.9 Å². The van der Waals surface area contributed by atoms with Crippen LogP contribution in [0.4, 0.5) is 0 Å².